The quantitative estimate of drug-likeness (QED) is 0.389. The van der Waals surface area contributed by atoms with Crippen molar-refractivity contribution in [3.63, 3.8) is 0 Å². The van der Waals surface area contributed by atoms with Crippen molar-refractivity contribution in [2.75, 3.05) is 18.6 Å². The molecule has 8 heteroatoms. The first-order valence-electron chi connectivity index (χ1n) is 12.0. The zero-order chi connectivity index (χ0) is 25.0. The maximum Gasteiger partial charge on any atom is 0.332 e. The third-order valence-corrected chi connectivity index (χ3v) is 7.03. The second-order valence-corrected chi connectivity index (χ2v) is 9.48. The molecule has 182 valence electrons. The Bertz CT molecular complexity index is 1720. The molecule has 1 atom stereocenters. The van der Waals surface area contributed by atoms with E-state index < -0.39 is 0 Å². The van der Waals surface area contributed by atoms with Crippen molar-refractivity contribution in [3.05, 3.63) is 93.1 Å². The molecule has 3 aromatic carbocycles. The van der Waals surface area contributed by atoms with Crippen LogP contribution < -0.4 is 20.9 Å². The van der Waals surface area contributed by atoms with Crippen LogP contribution in [0.25, 0.3) is 21.9 Å². The van der Waals surface area contributed by atoms with Crippen LogP contribution in [0.4, 0.5) is 11.6 Å². The van der Waals surface area contributed by atoms with E-state index in [1.807, 2.05) is 71.3 Å². The molecule has 0 N–H and O–H groups in total. The number of hydrogen-bond donors (Lipinski definition) is 0. The number of hydrogen-bond acceptors (Lipinski definition) is 5. The Morgan fingerprint density at radius 3 is 2.50 bits per heavy atom. The molecule has 8 nitrogen and oxygen atoms in total. The van der Waals surface area contributed by atoms with E-state index in [1.54, 1.807) is 14.2 Å². The van der Waals surface area contributed by atoms with Crippen LogP contribution in [0.5, 0.6) is 5.75 Å². The average Bonchev–Trinajstić information content (AvgIpc) is 3.29. The van der Waals surface area contributed by atoms with Crippen LogP contribution in [0.15, 0.2) is 76.3 Å². The van der Waals surface area contributed by atoms with Crippen LogP contribution >= 0.6 is 0 Å². The molecule has 0 saturated heterocycles. The lowest BCUT2D eigenvalue weighted by Crippen LogP contribution is -2.40. The summed E-state index contributed by atoms with van der Waals surface area (Å²) < 4.78 is 10.1. The average molecular weight is 482 g/mol. The summed E-state index contributed by atoms with van der Waals surface area (Å²) in [5, 5.41) is 2.11. The summed E-state index contributed by atoms with van der Waals surface area (Å²) in [5.74, 6) is 1.72. The van der Waals surface area contributed by atoms with Crippen LogP contribution in [-0.4, -0.2) is 32.3 Å². The maximum atomic E-state index is 13.9. The molecule has 3 heterocycles. The highest BCUT2D eigenvalue weighted by atomic mass is 16.5. The lowest BCUT2D eigenvalue weighted by atomic mass is 10.0. The van der Waals surface area contributed by atoms with Crippen LogP contribution in [0.2, 0.25) is 0 Å². The number of aromatic nitrogens is 4. The minimum absolute atomic E-state index is 0.195. The van der Waals surface area contributed by atoms with Gasteiger partial charge in [0.05, 0.1) is 13.7 Å². The van der Waals surface area contributed by atoms with E-state index in [4.69, 9.17) is 9.72 Å². The first kappa shape index (κ1) is 22.2. The number of imidazole rings is 1. The highest BCUT2D eigenvalue weighted by Gasteiger charge is 2.30. The Kier molecular flexibility index (Phi) is 5.17. The molecular formula is C28H27N5O3. The standard InChI is InChI=1S/C28H27N5O3/c1-18-15-31(21-11-13-22(36-3)14-12-21)27-29-25-24(32(27)16-18)26(34)33(28(35)30(25)2)17-20-9-6-8-19-7-4-5-10-23(19)20/h4-14,18H,15-17H2,1-3H3/t18-/m0/s1. The molecule has 0 radical (unpaired) electrons. The summed E-state index contributed by atoms with van der Waals surface area (Å²) in [4.78, 5) is 34.2. The van der Waals surface area contributed by atoms with Crippen molar-refractivity contribution in [1.82, 2.24) is 18.7 Å². The molecule has 0 fully saturated rings. The third-order valence-electron chi connectivity index (χ3n) is 7.03. The monoisotopic (exact) mass is 481 g/mol. The number of anilines is 2. The normalized spacial score (nSPS) is 15.4. The van der Waals surface area contributed by atoms with Gasteiger partial charge < -0.3 is 14.2 Å². The van der Waals surface area contributed by atoms with Crippen LogP contribution in [-0.2, 0) is 20.1 Å². The van der Waals surface area contributed by atoms with Crippen LogP contribution in [0.1, 0.15) is 12.5 Å². The van der Waals surface area contributed by atoms with E-state index in [9.17, 15) is 9.59 Å². The molecular weight excluding hydrogens is 454 g/mol. The van der Waals surface area contributed by atoms with Gasteiger partial charge in [0.1, 0.15) is 5.75 Å². The zero-order valence-corrected chi connectivity index (χ0v) is 20.5. The van der Waals surface area contributed by atoms with Gasteiger partial charge in [0, 0.05) is 25.8 Å². The van der Waals surface area contributed by atoms with Crippen molar-refractivity contribution in [1.29, 1.82) is 0 Å². The second kappa shape index (κ2) is 8.41. The van der Waals surface area contributed by atoms with Gasteiger partial charge in [-0.2, -0.15) is 4.98 Å². The first-order valence-corrected chi connectivity index (χ1v) is 12.0. The summed E-state index contributed by atoms with van der Waals surface area (Å²) in [6.45, 7) is 3.76. The molecule has 0 amide bonds. The fraction of sp³-hybridized carbons (Fsp3) is 0.250. The molecule has 0 bridgehead atoms. The Hall–Kier alpha value is -4.33. The van der Waals surface area contributed by atoms with Gasteiger partial charge in [0.2, 0.25) is 5.95 Å². The molecule has 1 aliphatic heterocycles. The van der Waals surface area contributed by atoms with E-state index in [0.29, 0.717) is 23.7 Å². The van der Waals surface area contributed by atoms with Crippen molar-refractivity contribution >= 4 is 33.6 Å². The van der Waals surface area contributed by atoms with Crippen LogP contribution in [0.3, 0.4) is 0 Å². The SMILES string of the molecule is COc1ccc(N2C[C@H](C)Cn3c2nc2c3c(=O)n(Cc3cccc4ccccc34)c(=O)n2C)cc1. The Morgan fingerprint density at radius 2 is 1.72 bits per heavy atom. The van der Waals surface area contributed by atoms with Gasteiger partial charge in [0.25, 0.3) is 5.56 Å². The predicted octanol–water partition coefficient (Wildman–Crippen LogP) is 3.89. The molecule has 0 spiro atoms. The van der Waals surface area contributed by atoms with Gasteiger partial charge in [-0.05, 0) is 46.5 Å². The number of methoxy groups -OCH3 is 1. The fourth-order valence-electron chi connectivity index (χ4n) is 5.22. The molecule has 0 aliphatic carbocycles. The number of benzene rings is 3. The van der Waals surface area contributed by atoms with Gasteiger partial charge in [-0.25, -0.2) is 4.79 Å². The molecule has 5 aromatic rings. The smallest absolute Gasteiger partial charge is 0.332 e. The van der Waals surface area contributed by atoms with Gasteiger partial charge in [-0.3, -0.25) is 13.9 Å². The van der Waals surface area contributed by atoms with E-state index in [0.717, 1.165) is 34.3 Å². The van der Waals surface area contributed by atoms with Crippen molar-refractivity contribution in [2.24, 2.45) is 13.0 Å². The minimum atomic E-state index is -0.375. The summed E-state index contributed by atoms with van der Waals surface area (Å²) in [6, 6.07) is 21.8. The van der Waals surface area contributed by atoms with Crippen molar-refractivity contribution in [2.45, 2.75) is 20.0 Å². The summed E-state index contributed by atoms with van der Waals surface area (Å²) in [6.07, 6.45) is 0. The van der Waals surface area contributed by atoms with E-state index >= 15 is 0 Å². The topological polar surface area (TPSA) is 74.3 Å². The second-order valence-electron chi connectivity index (χ2n) is 9.48. The van der Waals surface area contributed by atoms with Crippen LogP contribution in [0, 0.1) is 5.92 Å². The number of rotatable bonds is 4. The summed E-state index contributed by atoms with van der Waals surface area (Å²) in [5.41, 5.74) is 2.06. The minimum Gasteiger partial charge on any atom is -0.497 e. The molecule has 2 aromatic heterocycles. The van der Waals surface area contributed by atoms with E-state index in [1.165, 1.54) is 9.13 Å². The van der Waals surface area contributed by atoms with Crippen molar-refractivity contribution in [3.8, 4) is 5.75 Å². The lowest BCUT2D eigenvalue weighted by molar-refractivity contribution is 0.414. The van der Waals surface area contributed by atoms with E-state index in [-0.39, 0.29) is 23.7 Å². The Balaban J connectivity index is 1.53. The van der Waals surface area contributed by atoms with Crippen molar-refractivity contribution < 1.29 is 4.74 Å². The summed E-state index contributed by atoms with van der Waals surface area (Å²) >= 11 is 0. The molecule has 36 heavy (non-hydrogen) atoms. The zero-order valence-electron chi connectivity index (χ0n) is 20.5. The van der Waals surface area contributed by atoms with Gasteiger partial charge in [-0.1, -0.05) is 49.4 Å². The predicted molar refractivity (Wildman–Crippen MR) is 141 cm³/mol. The number of aryl methyl sites for hydroxylation is 1. The molecule has 6 rings (SSSR count). The highest BCUT2D eigenvalue weighted by molar-refractivity contribution is 5.85. The van der Waals surface area contributed by atoms with E-state index in [2.05, 4.69) is 11.8 Å². The first-order chi connectivity index (χ1) is 17.5. The fourth-order valence-corrected chi connectivity index (χ4v) is 5.22. The molecule has 1 aliphatic rings. The lowest BCUT2D eigenvalue weighted by Gasteiger charge is -2.33. The number of ether oxygens (including phenoxy) is 1. The summed E-state index contributed by atoms with van der Waals surface area (Å²) in [7, 11) is 3.32. The number of fused-ring (bicyclic) bond motifs is 4. The third kappa shape index (κ3) is 3.40. The highest BCUT2D eigenvalue weighted by Crippen LogP contribution is 2.33. The maximum absolute atomic E-state index is 13.9. The number of nitrogens with zero attached hydrogens (tertiary/aromatic N) is 5. The van der Waals surface area contributed by atoms with Gasteiger partial charge >= 0.3 is 5.69 Å². The Morgan fingerprint density at radius 1 is 0.972 bits per heavy atom. The Labute approximate surface area is 207 Å². The molecule has 0 saturated carbocycles. The van der Waals surface area contributed by atoms with Gasteiger partial charge in [-0.15, -0.1) is 0 Å². The molecule has 0 unspecified atom stereocenters. The largest absolute Gasteiger partial charge is 0.497 e. The van der Waals surface area contributed by atoms with Gasteiger partial charge in [0.15, 0.2) is 11.2 Å².